The van der Waals surface area contributed by atoms with Crippen molar-refractivity contribution >= 4 is 23.3 Å². The number of methoxy groups -OCH3 is 1. The molecule has 0 unspecified atom stereocenters. The number of Topliss-reactive ketones (excluding diaryl/α,β-unsaturated/α-hetero) is 1. The minimum atomic E-state index is -0.193. The van der Waals surface area contributed by atoms with Crippen LogP contribution in [0.2, 0.25) is 0 Å². The summed E-state index contributed by atoms with van der Waals surface area (Å²) in [6.45, 7) is 3.35. The van der Waals surface area contributed by atoms with E-state index in [1.165, 1.54) is 14.0 Å². The fourth-order valence-electron chi connectivity index (χ4n) is 3.23. The van der Waals surface area contributed by atoms with E-state index < -0.39 is 0 Å². The minimum Gasteiger partial charge on any atom is -0.469 e. The smallest absolute Gasteiger partial charge is 0.308 e. The minimum absolute atomic E-state index is 0.0622. The van der Waals surface area contributed by atoms with Crippen molar-refractivity contribution in [1.82, 2.24) is 0 Å². The number of carbonyl (C=O) groups excluding carboxylic acids is 3. The summed E-state index contributed by atoms with van der Waals surface area (Å²) in [7, 11) is 1.39. The van der Waals surface area contributed by atoms with Crippen molar-refractivity contribution < 1.29 is 19.1 Å². The van der Waals surface area contributed by atoms with Crippen LogP contribution in [0.4, 0.5) is 5.69 Å². The van der Waals surface area contributed by atoms with E-state index in [2.05, 4.69) is 5.32 Å². The van der Waals surface area contributed by atoms with Gasteiger partial charge in [0, 0.05) is 11.5 Å². The number of anilines is 1. The molecule has 0 bridgehead atoms. The van der Waals surface area contributed by atoms with Crippen molar-refractivity contribution in [3.8, 4) is 0 Å². The molecule has 1 saturated carbocycles. The Morgan fingerprint density at radius 1 is 1.09 bits per heavy atom. The van der Waals surface area contributed by atoms with E-state index in [-0.39, 0.29) is 29.5 Å². The molecule has 1 N–H and O–H groups in total. The fraction of sp³-hybridized carbons (Fsp3) is 0.500. The van der Waals surface area contributed by atoms with Gasteiger partial charge in [-0.2, -0.15) is 0 Å². The van der Waals surface area contributed by atoms with Crippen LogP contribution in [-0.4, -0.2) is 24.8 Å². The summed E-state index contributed by atoms with van der Waals surface area (Å²) >= 11 is 0. The lowest BCUT2D eigenvalue weighted by atomic mass is 9.81. The Bertz CT molecular complexity index is 615. The van der Waals surface area contributed by atoms with Crippen molar-refractivity contribution in [2.24, 2.45) is 11.8 Å². The van der Waals surface area contributed by atoms with Gasteiger partial charge in [-0.3, -0.25) is 14.4 Å². The molecule has 0 saturated heterocycles. The normalized spacial score (nSPS) is 20.7. The summed E-state index contributed by atoms with van der Waals surface area (Å²) in [4.78, 5) is 35.8. The Balaban J connectivity index is 2.03. The first-order chi connectivity index (χ1) is 10.9. The molecule has 0 atom stereocenters. The second kappa shape index (κ2) is 7.40. The van der Waals surface area contributed by atoms with Gasteiger partial charge in [-0.1, -0.05) is 12.1 Å². The molecule has 1 amide bonds. The number of hydrogen-bond acceptors (Lipinski definition) is 4. The van der Waals surface area contributed by atoms with E-state index in [4.69, 9.17) is 4.74 Å². The molecular formula is C18H23NO4. The number of hydrogen-bond donors (Lipinski definition) is 1. The van der Waals surface area contributed by atoms with Gasteiger partial charge in [0.2, 0.25) is 5.91 Å². The molecule has 124 valence electrons. The van der Waals surface area contributed by atoms with E-state index in [0.29, 0.717) is 36.9 Å². The van der Waals surface area contributed by atoms with Crippen LogP contribution in [0.25, 0.3) is 0 Å². The Labute approximate surface area is 136 Å². The molecule has 23 heavy (non-hydrogen) atoms. The maximum atomic E-state index is 12.5. The van der Waals surface area contributed by atoms with Crippen molar-refractivity contribution in [3.05, 3.63) is 29.3 Å². The molecule has 5 heteroatoms. The number of amides is 1. The monoisotopic (exact) mass is 317 g/mol. The topological polar surface area (TPSA) is 72.5 Å². The molecular weight excluding hydrogens is 294 g/mol. The fourth-order valence-corrected chi connectivity index (χ4v) is 3.23. The predicted octanol–water partition coefficient (Wildman–Crippen LogP) is 3.12. The molecule has 1 aliphatic carbocycles. The molecule has 1 aromatic carbocycles. The van der Waals surface area contributed by atoms with Crippen LogP contribution < -0.4 is 5.32 Å². The quantitative estimate of drug-likeness (QED) is 0.684. The summed E-state index contributed by atoms with van der Waals surface area (Å²) in [5.41, 5.74) is 1.98. The number of carbonyl (C=O) groups is 3. The largest absolute Gasteiger partial charge is 0.469 e. The molecule has 0 aromatic heterocycles. The summed E-state index contributed by atoms with van der Waals surface area (Å²) in [6, 6.07) is 5.43. The molecule has 2 rings (SSSR count). The van der Waals surface area contributed by atoms with Crippen LogP contribution in [-0.2, 0) is 14.3 Å². The first-order valence-electron chi connectivity index (χ1n) is 7.93. The molecule has 0 radical (unpaired) electrons. The number of ketones is 1. The van der Waals surface area contributed by atoms with E-state index in [1.54, 1.807) is 6.07 Å². The summed E-state index contributed by atoms with van der Waals surface area (Å²) in [5, 5.41) is 2.88. The van der Waals surface area contributed by atoms with Gasteiger partial charge in [-0.15, -0.1) is 0 Å². The Kier molecular flexibility index (Phi) is 5.53. The van der Waals surface area contributed by atoms with Crippen molar-refractivity contribution in [3.63, 3.8) is 0 Å². The summed E-state index contributed by atoms with van der Waals surface area (Å²) < 4.78 is 4.76. The number of rotatable bonds is 4. The average molecular weight is 317 g/mol. The highest BCUT2D eigenvalue weighted by Gasteiger charge is 2.30. The maximum Gasteiger partial charge on any atom is 0.308 e. The van der Waals surface area contributed by atoms with E-state index in [9.17, 15) is 14.4 Å². The predicted molar refractivity (Wildman–Crippen MR) is 87.3 cm³/mol. The standard InChI is InChI=1S/C18H23NO4/c1-11-5-4-6-15(16(11)12(2)20)19-17(21)13-7-9-14(10-8-13)18(22)23-3/h4-6,13-14H,7-10H2,1-3H3,(H,19,21). The second-order valence-corrected chi connectivity index (χ2v) is 6.11. The molecule has 1 aromatic rings. The number of nitrogens with one attached hydrogen (secondary N) is 1. The number of esters is 1. The SMILES string of the molecule is COC(=O)C1CCC(C(=O)Nc2cccc(C)c2C(C)=O)CC1. The van der Waals surface area contributed by atoms with Crippen molar-refractivity contribution in [2.45, 2.75) is 39.5 Å². The van der Waals surface area contributed by atoms with Crippen LogP contribution in [0.3, 0.4) is 0 Å². The lowest BCUT2D eigenvalue weighted by Gasteiger charge is -2.26. The molecule has 0 spiro atoms. The lowest BCUT2D eigenvalue weighted by Crippen LogP contribution is -2.30. The number of aryl methyl sites for hydroxylation is 1. The van der Waals surface area contributed by atoms with Gasteiger partial charge in [-0.25, -0.2) is 0 Å². The zero-order valence-electron chi connectivity index (χ0n) is 13.8. The van der Waals surface area contributed by atoms with Crippen LogP contribution >= 0.6 is 0 Å². The summed E-state index contributed by atoms with van der Waals surface area (Å²) in [5.74, 6) is -0.567. The first kappa shape index (κ1) is 17.2. The maximum absolute atomic E-state index is 12.5. The molecule has 0 heterocycles. The second-order valence-electron chi connectivity index (χ2n) is 6.11. The van der Waals surface area contributed by atoms with Crippen molar-refractivity contribution in [2.75, 3.05) is 12.4 Å². The van der Waals surface area contributed by atoms with Gasteiger partial charge in [0.15, 0.2) is 5.78 Å². The van der Waals surface area contributed by atoms with Gasteiger partial charge in [0.05, 0.1) is 18.7 Å². The summed E-state index contributed by atoms with van der Waals surface area (Å²) in [6.07, 6.45) is 2.65. The molecule has 0 aliphatic heterocycles. The first-order valence-corrected chi connectivity index (χ1v) is 7.93. The highest BCUT2D eigenvalue weighted by atomic mass is 16.5. The van der Waals surface area contributed by atoms with E-state index >= 15 is 0 Å². The Morgan fingerprint density at radius 2 is 1.70 bits per heavy atom. The third-order valence-corrected chi connectivity index (χ3v) is 4.52. The van der Waals surface area contributed by atoms with Crippen LogP contribution in [0, 0.1) is 18.8 Å². The zero-order chi connectivity index (χ0) is 17.0. The Morgan fingerprint density at radius 3 is 2.26 bits per heavy atom. The highest BCUT2D eigenvalue weighted by molar-refractivity contribution is 6.05. The van der Waals surface area contributed by atoms with Gasteiger partial charge < -0.3 is 10.1 Å². The third-order valence-electron chi connectivity index (χ3n) is 4.52. The molecule has 5 nitrogen and oxygen atoms in total. The van der Waals surface area contributed by atoms with Crippen LogP contribution in [0.15, 0.2) is 18.2 Å². The molecule has 1 aliphatic rings. The van der Waals surface area contributed by atoms with Gasteiger partial charge in [0.25, 0.3) is 0 Å². The van der Waals surface area contributed by atoms with E-state index in [0.717, 1.165) is 5.56 Å². The highest BCUT2D eigenvalue weighted by Crippen LogP contribution is 2.31. The Hall–Kier alpha value is -2.17. The van der Waals surface area contributed by atoms with Gasteiger partial charge >= 0.3 is 5.97 Å². The van der Waals surface area contributed by atoms with Crippen LogP contribution in [0.1, 0.15) is 48.5 Å². The zero-order valence-corrected chi connectivity index (χ0v) is 13.8. The van der Waals surface area contributed by atoms with Crippen molar-refractivity contribution in [1.29, 1.82) is 0 Å². The number of ether oxygens (including phenoxy) is 1. The van der Waals surface area contributed by atoms with E-state index in [1.807, 2.05) is 19.1 Å². The number of benzene rings is 1. The van der Waals surface area contributed by atoms with Gasteiger partial charge in [-0.05, 0) is 51.2 Å². The molecule has 1 fully saturated rings. The average Bonchev–Trinajstić information content (AvgIpc) is 2.54. The third kappa shape index (κ3) is 3.97. The van der Waals surface area contributed by atoms with Gasteiger partial charge in [0.1, 0.15) is 0 Å². The lowest BCUT2D eigenvalue weighted by molar-refractivity contribution is -0.147. The van der Waals surface area contributed by atoms with Crippen LogP contribution in [0.5, 0.6) is 0 Å².